The highest BCUT2D eigenvalue weighted by Gasteiger charge is 2.21. The number of rotatable bonds is 7. The number of carbonyl (C=O) groups excluding carboxylic acids is 1. The van der Waals surface area contributed by atoms with E-state index in [-0.39, 0.29) is 6.54 Å². The van der Waals surface area contributed by atoms with Crippen molar-refractivity contribution >= 4 is 21.6 Å². The van der Waals surface area contributed by atoms with Crippen LogP contribution in [0.5, 0.6) is 5.75 Å². The summed E-state index contributed by atoms with van der Waals surface area (Å²) in [4.78, 5) is 12.1. The summed E-state index contributed by atoms with van der Waals surface area (Å²) < 4.78 is 43.7. The molecule has 0 saturated heterocycles. The summed E-state index contributed by atoms with van der Waals surface area (Å²) in [5.41, 5.74) is 0.631. The van der Waals surface area contributed by atoms with Crippen molar-refractivity contribution in [1.29, 1.82) is 0 Å². The second kappa shape index (κ2) is 7.98. The average Bonchev–Trinajstić information content (AvgIpc) is 2.58. The first-order valence-corrected chi connectivity index (χ1v) is 9.28. The molecule has 2 rings (SSSR count). The predicted octanol–water partition coefficient (Wildman–Crippen LogP) is 1.92. The van der Waals surface area contributed by atoms with Crippen LogP contribution in [0.3, 0.4) is 0 Å². The highest BCUT2D eigenvalue weighted by Crippen LogP contribution is 2.22. The molecule has 1 amide bonds. The van der Waals surface area contributed by atoms with Crippen LogP contribution in [0.2, 0.25) is 0 Å². The minimum Gasteiger partial charge on any atom is -0.497 e. The van der Waals surface area contributed by atoms with Gasteiger partial charge in [-0.1, -0.05) is 24.3 Å². The number of carbonyl (C=O) groups is 1. The first kappa shape index (κ1) is 18.7. The number of ether oxygens (including phenoxy) is 1. The molecule has 0 bridgehead atoms. The van der Waals surface area contributed by atoms with E-state index in [9.17, 15) is 17.6 Å². The molecule has 2 aromatic rings. The third kappa shape index (κ3) is 5.18. The maximum atomic E-state index is 13.6. The Bertz CT molecular complexity index is 855. The Morgan fingerprint density at radius 1 is 1.20 bits per heavy atom. The molecular weight excluding hydrogens is 347 g/mol. The zero-order valence-electron chi connectivity index (χ0n) is 13.9. The van der Waals surface area contributed by atoms with Crippen molar-refractivity contribution in [2.24, 2.45) is 0 Å². The molecule has 0 aromatic heterocycles. The second-order valence-corrected chi connectivity index (χ2v) is 7.25. The van der Waals surface area contributed by atoms with Crippen LogP contribution in [0.4, 0.5) is 10.1 Å². The van der Waals surface area contributed by atoms with Crippen LogP contribution in [0.1, 0.15) is 5.56 Å². The summed E-state index contributed by atoms with van der Waals surface area (Å²) in [6, 6.07) is 12.4. The van der Waals surface area contributed by atoms with Crippen LogP contribution in [0.15, 0.2) is 48.5 Å². The molecule has 25 heavy (non-hydrogen) atoms. The lowest BCUT2D eigenvalue weighted by Crippen LogP contribution is -2.40. The number of benzene rings is 2. The van der Waals surface area contributed by atoms with E-state index in [2.05, 4.69) is 5.32 Å². The van der Waals surface area contributed by atoms with E-state index in [1.807, 2.05) is 0 Å². The van der Waals surface area contributed by atoms with Gasteiger partial charge >= 0.3 is 0 Å². The first-order valence-electron chi connectivity index (χ1n) is 7.43. The van der Waals surface area contributed by atoms with Crippen molar-refractivity contribution in [3.05, 3.63) is 59.9 Å². The van der Waals surface area contributed by atoms with Gasteiger partial charge in [-0.05, 0) is 18.2 Å². The molecule has 2 aromatic carbocycles. The van der Waals surface area contributed by atoms with Crippen LogP contribution in [-0.4, -0.2) is 34.2 Å². The number of methoxy groups -OCH3 is 1. The van der Waals surface area contributed by atoms with Gasteiger partial charge in [-0.2, -0.15) is 0 Å². The third-order valence-electron chi connectivity index (χ3n) is 3.46. The number of nitrogens with one attached hydrogen (secondary N) is 1. The lowest BCUT2D eigenvalue weighted by atomic mass is 10.2. The van der Waals surface area contributed by atoms with Gasteiger partial charge < -0.3 is 10.1 Å². The monoisotopic (exact) mass is 366 g/mol. The maximum Gasteiger partial charge on any atom is 0.241 e. The third-order valence-corrected chi connectivity index (χ3v) is 4.60. The Morgan fingerprint density at radius 2 is 1.92 bits per heavy atom. The van der Waals surface area contributed by atoms with Crippen LogP contribution < -0.4 is 14.4 Å². The minimum absolute atomic E-state index is 0.0266. The van der Waals surface area contributed by atoms with E-state index in [1.165, 1.54) is 19.2 Å². The summed E-state index contributed by atoms with van der Waals surface area (Å²) in [5.74, 6) is -0.509. The highest BCUT2D eigenvalue weighted by atomic mass is 32.2. The fraction of sp³-hybridized carbons (Fsp3) is 0.235. The van der Waals surface area contributed by atoms with Crippen molar-refractivity contribution in [1.82, 2.24) is 5.32 Å². The standard InChI is InChI=1S/C17H19FN2O4S/c1-24-15-8-5-7-14(10-15)20(25(2,22)23)12-17(21)19-11-13-6-3-4-9-16(13)18/h3-10H,11-12H2,1-2H3,(H,19,21). The number of sulfonamides is 1. The average molecular weight is 366 g/mol. The Kier molecular flexibility index (Phi) is 5.97. The summed E-state index contributed by atoms with van der Waals surface area (Å²) in [5, 5.41) is 2.52. The van der Waals surface area contributed by atoms with Gasteiger partial charge in [-0.25, -0.2) is 12.8 Å². The molecule has 0 aliphatic carbocycles. The van der Waals surface area contributed by atoms with Crippen LogP contribution in [0.25, 0.3) is 0 Å². The lowest BCUT2D eigenvalue weighted by Gasteiger charge is -2.22. The number of halogens is 1. The molecule has 0 aliphatic heterocycles. The van der Waals surface area contributed by atoms with Gasteiger partial charge in [0.1, 0.15) is 18.1 Å². The van der Waals surface area contributed by atoms with E-state index in [4.69, 9.17) is 4.74 Å². The van der Waals surface area contributed by atoms with Crippen molar-refractivity contribution < 1.29 is 22.3 Å². The number of amides is 1. The molecule has 0 aliphatic rings. The largest absolute Gasteiger partial charge is 0.497 e. The zero-order valence-corrected chi connectivity index (χ0v) is 14.7. The molecule has 0 spiro atoms. The van der Waals surface area contributed by atoms with Crippen LogP contribution >= 0.6 is 0 Å². The van der Waals surface area contributed by atoms with E-state index in [1.54, 1.807) is 36.4 Å². The van der Waals surface area contributed by atoms with E-state index < -0.39 is 28.3 Å². The van der Waals surface area contributed by atoms with Crippen molar-refractivity contribution in [3.63, 3.8) is 0 Å². The summed E-state index contributed by atoms with van der Waals surface area (Å²) in [6.07, 6.45) is 1.01. The Labute approximate surface area is 146 Å². The minimum atomic E-state index is -3.69. The molecular formula is C17H19FN2O4S. The normalized spacial score (nSPS) is 11.0. The molecule has 0 atom stereocenters. The zero-order chi connectivity index (χ0) is 18.4. The van der Waals surface area contributed by atoms with E-state index in [0.717, 1.165) is 10.6 Å². The number of hydrogen-bond donors (Lipinski definition) is 1. The topological polar surface area (TPSA) is 75.7 Å². The van der Waals surface area contributed by atoms with E-state index in [0.29, 0.717) is 17.0 Å². The van der Waals surface area contributed by atoms with Gasteiger partial charge in [0.15, 0.2) is 0 Å². The van der Waals surface area contributed by atoms with Gasteiger partial charge in [0.2, 0.25) is 15.9 Å². The Morgan fingerprint density at radius 3 is 2.56 bits per heavy atom. The fourth-order valence-electron chi connectivity index (χ4n) is 2.19. The highest BCUT2D eigenvalue weighted by molar-refractivity contribution is 7.92. The Hall–Kier alpha value is -2.61. The fourth-order valence-corrected chi connectivity index (χ4v) is 3.04. The molecule has 0 radical (unpaired) electrons. The van der Waals surface area contributed by atoms with Crippen molar-refractivity contribution in [3.8, 4) is 5.75 Å². The Balaban J connectivity index is 2.12. The van der Waals surface area contributed by atoms with E-state index >= 15 is 0 Å². The van der Waals surface area contributed by atoms with Crippen LogP contribution in [-0.2, 0) is 21.4 Å². The van der Waals surface area contributed by atoms with Crippen LogP contribution in [0, 0.1) is 5.82 Å². The summed E-state index contributed by atoms with van der Waals surface area (Å²) >= 11 is 0. The summed E-state index contributed by atoms with van der Waals surface area (Å²) in [6.45, 7) is -0.443. The lowest BCUT2D eigenvalue weighted by molar-refractivity contribution is -0.119. The molecule has 1 N–H and O–H groups in total. The molecule has 0 saturated carbocycles. The number of anilines is 1. The molecule has 0 unspecified atom stereocenters. The molecule has 134 valence electrons. The van der Waals surface area contributed by atoms with Gasteiger partial charge in [-0.3, -0.25) is 9.10 Å². The summed E-state index contributed by atoms with van der Waals surface area (Å²) in [7, 11) is -2.22. The smallest absolute Gasteiger partial charge is 0.241 e. The molecule has 0 heterocycles. The molecule has 8 heteroatoms. The van der Waals surface area contributed by atoms with Gasteiger partial charge in [-0.15, -0.1) is 0 Å². The van der Waals surface area contributed by atoms with Gasteiger partial charge in [0.25, 0.3) is 0 Å². The molecule has 0 fully saturated rings. The first-order chi connectivity index (χ1) is 11.8. The SMILES string of the molecule is COc1cccc(N(CC(=O)NCc2ccccc2F)S(C)(=O)=O)c1. The predicted molar refractivity (Wildman–Crippen MR) is 93.4 cm³/mol. The number of nitrogens with zero attached hydrogens (tertiary/aromatic N) is 1. The quantitative estimate of drug-likeness (QED) is 0.812. The molecule has 6 nitrogen and oxygen atoms in total. The van der Waals surface area contributed by atoms with Gasteiger partial charge in [0, 0.05) is 18.2 Å². The maximum absolute atomic E-state index is 13.6. The second-order valence-electron chi connectivity index (χ2n) is 5.34. The van der Waals surface area contributed by atoms with Crippen molar-refractivity contribution in [2.45, 2.75) is 6.54 Å². The van der Waals surface area contributed by atoms with Crippen molar-refractivity contribution in [2.75, 3.05) is 24.2 Å². The number of hydrogen-bond acceptors (Lipinski definition) is 4. The van der Waals surface area contributed by atoms with Gasteiger partial charge in [0.05, 0.1) is 19.1 Å².